The van der Waals surface area contributed by atoms with E-state index in [0.717, 1.165) is 12.1 Å². The number of carbonyl (C=O) groups excluding carboxylic acids is 2. The molecule has 0 aliphatic heterocycles. The van der Waals surface area contributed by atoms with Gasteiger partial charge in [-0.25, -0.2) is 9.59 Å². The molecule has 0 fully saturated rings. The molecule has 0 saturated heterocycles. The number of anilines is 2. The van der Waals surface area contributed by atoms with Gasteiger partial charge in [0.2, 0.25) is 0 Å². The maximum Gasteiger partial charge on any atom is 0.416 e. The minimum absolute atomic E-state index is 0.00610. The zero-order valence-electron chi connectivity index (χ0n) is 25.9. The first-order valence-corrected chi connectivity index (χ1v) is 14.5. The SMILES string of the molecule is CC(C)(C)OC(=O)NCCOCCOCCOCCOCCOCCOC(=O)c1ccccc1Nc1cccc(C(F)(F)F)c1. The van der Waals surface area contributed by atoms with Crippen molar-refractivity contribution in [3.63, 3.8) is 0 Å². The van der Waals surface area contributed by atoms with Crippen LogP contribution in [-0.4, -0.2) is 96.9 Å². The second-order valence-corrected chi connectivity index (χ2v) is 10.4. The number of esters is 1. The van der Waals surface area contributed by atoms with Crippen LogP contribution in [0, 0.1) is 0 Å². The predicted octanol–water partition coefficient (Wildman–Crippen LogP) is 5.21. The minimum Gasteiger partial charge on any atom is -0.460 e. The molecule has 2 aromatic rings. The lowest BCUT2D eigenvalue weighted by molar-refractivity contribution is -0.137. The molecule has 0 atom stereocenters. The maximum absolute atomic E-state index is 13.0. The Kier molecular flexibility index (Phi) is 17.3. The summed E-state index contributed by atoms with van der Waals surface area (Å²) in [6, 6.07) is 11.1. The topological polar surface area (TPSA) is 123 Å². The number of benzene rings is 2. The summed E-state index contributed by atoms with van der Waals surface area (Å²) in [6.45, 7) is 9.24. The molecule has 45 heavy (non-hydrogen) atoms. The summed E-state index contributed by atoms with van der Waals surface area (Å²) < 4.78 is 76.4. The van der Waals surface area contributed by atoms with E-state index in [0.29, 0.717) is 71.7 Å². The lowest BCUT2D eigenvalue weighted by Crippen LogP contribution is -2.34. The Balaban J connectivity index is 1.43. The molecule has 0 spiro atoms. The number of para-hydroxylation sites is 1. The summed E-state index contributed by atoms with van der Waals surface area (Å²) in [5.41, 5.74) is -0.641. The number of amides is 1. The smallest absolute Gasteiger partial charge is 0.416 e. The van der Waals surface area contributed by atoms with Gasteiger partial charge in [-0.2, -0.15) is 13.2 Å². The van der Waals surface area contributed by atoms with Crippen molar-refractivity contribution in [2.24, 2.45) is 0 Å². The highest BCUT2D eigenvalue weighted by atomic mass is 19.4. The molecule has 14 heteroatoms. The van der Waals surface area contributed by atoms with Crippen molar-refractivity contribution < 1.29 is 55.9 Å². The molecular formula is C31H43F3N2O9. The van der Waals surface area contributed by atoms with Gasteiger partial charge in [-0.1, -0.05) is 18.2 Å². The van der Waals surface area contributed by atoms with Crippen LogP contribution in [0.25, 0.3) is 0 Å². The summed E-state index contributed by atoms with van der Waals surface area (Å²) in [6.07, 6.45) is -4.96. The largest absolute Gasteiger partial charge is 0.460 e. The third-order valence-electron chi connectivity index (χ3n) is 5.48. The standard InChI is InChI=1S/C31H43F3N2O9/c1-30(2,3)45-29(38)35-11-12-39-13-14-40-15-16-41-17-18-42-19-20-43-21-22-44-28(37)26-9-4-5-10-27(26)36-25-8-6-7-24(23-25)31(32,33)34/h4-10,23,36H,11-22H2,1-3H3,(H,35,38). The van der Waals surface area contributed by atoms with Crippen molar-refractivity contribution >= 4 is 23.4 Å². The molecule has 2 aromatic carbocycles. The number of ether oxygens (including phenoxy) is 7. The normalized spacial score (nSPS) is 11.7. The van der Waals surface area contributed by atoms with Crippen LogP contribution in [0.5, 0.6) is 0 Å². The molecule has 2 N–H and O–H groups in total. The molecule has 0 saturated carbocycles. The van der Waals surface area contributed by atoms with Crippen molar-refractivity contribution in [1.29, 1.82) is 0 Å². The summed E-state index contributed by atoms with van der Waals surface area (Å²) in [4.78, 5) is 24.0. The highest BCUT2D eigenvalue weighted by Gasteiger charge is 2.30. The molecule has 0 radical (unpaired) electrons. The van der Waals surface area contributed by atoms with Gasteiger partial charge in [0.25, 0.3) is 0 Å². The van der Waals surface area contributed by atoms with Crippen molar-refractivity contribution in [2.75, 3.05) is 84.5 Å². The van der Waals surface area contributed by atoms with Crippen molar-refractivity contribution in [3.05, 3.63) is 59.7 Å². The Bertz CT molecular complexity index is 1140. The first-order valence-electron chi connectivity index (χ1n) is 14.5. The highest BCUT2D eigenvalue weighted by molar-refractivity contribution is 5.96. The molecule has 0 bridgehead atoms. The van der Waals surface area contributed by atoms with Crippen LogP contribution < -0.4 is 10.6 Å². The Morgan fingerprint density at radius 1 is 0.689 bits per heavy atom. The van der Waals surface area contributed by atoms with Crippen molar-refractivity contribution in [1.82, 2.24) is 5.32 Å². The van der Waals surface area contributed by atoms with Crippen LogP contribution in [0.2, 0.25) is 0 Å². The summed E-state index contributed by atoms with van der Waals surface area (Å²) in [7, 11) is 0. The van der Waals surface area contributed by atoms with E-state index in [4.69, 9.17) is 33.2 Å². The molecule has 0 aromatic heterocycles. The van der Waals surface area contributed by atoms with Gasteiger partial charge in [0.05, 0.1) is 82.9 Å². The van der Waals surface area contributed by atoms with E-state index in [1.807, 2.05) is 0 Å². The number of hydrogen-bond donors (Lipinski definition) is 2. The Labute approximate surface area is 261 Å². The van der Waals surface area contributed by atoms with Crippen LogP contribution in [0.4, 0.5) is 29.3 Å². The number of nitrogens with one attached hydrogen (secondary N) is 2. The highest BCUT2D eigenvalue weighted by Crippen LogP contribution is 2.32. The van der Waals surface area contributed by atoms with Crippen LogP contribution in [-0.2, 0) is 39.3 Å². The molecule has 11 nitrogen and oxygen atoms in total. The number of hydrogen-bond acceptors (Lipinski definition) is 10. The van der Waals surface area contributed by atoms with Crippen LogP contribution in [0.3, 0.4) is 0 Å². The molecule has 1 amide bonds. The zero-order valence-corrected chi connectivity index (χ0v) is 25.9. The molecule has 252 valence electrons. The number of carbonyl (C=O) groups is 2. The fraction of sp³-hybridized carbons (Fsp3) is 0.548. The first kappa shape index (κ1) is 37.8. The average molecular weight is 645 g/mol. The monoisotopic (exact) mass is 644 g/mol. The van der Waals surface area contributed by atoms with E-state index in [2.05, 4.69) is 10.6 Å². The van der Waals surface area contributed by atoms with E-state index in [9.17, 15) is 22.8 Å². The maximum atomic E-state index is 13.0. The van der Waals surface area contributed by atoms with Gasteiger partial charge in [0.15, 0.2) is 0 Å². The van der Waals surface area contributed by atoms with Gasteiger partial charge in [0, 0.05) is 12.2 Å². The second-order valence-electron chi connectivity index (χ2n) is 10.4. The number of halogens is 3. The molecular weight excluding hydrogens is 601 g/mol. The molecule has 0 unspecified atom stereocenters. The van der Waals surface area contributed by atoms with E-state index in [1.165, 1.54) is 18.2 Å². The van der Waals surface area contributed by atoms with E-state index in [1.54, 1.807) is 39.0 Å². The van der Waals surface area contributed by atoms with Gasteiger partial charge in [-0.15, -0.1) is 0 Å². The van der Waals surface area contributed by atoms with Crippen LogP contribution in [0.1, 0.15) is 36.7 Å². The number of alkyl carbamates (subject to hydrolysis) is 1. The predicted molar refractivity (Wildman–Crippen MR) is 160 cm³/mol. The third-order valence-corrected chi connectivity index (χ3v) is 5.48. The Morgan fingerprint density at radius 2 is 1.22 bits per heavy atom. The van der Waals surface area contributed by atoms with Crippen LogP contribution in [0.15, 0.2) is 48.5 Å². The van der Waals surface area contributed by atoms with Crippen LogP contribution >= 0.6 is 0 Å². The number of rotatable bonds is 21. The van der Waals surface area contributed by atoms with E-state index >= 15 is 0 Å². The molecule has 0 heterocycles. The lowest BCUT2D eigenvalue weighted by atomic mass is 10.1. The number of alkyl halides is 3. The molecule has 0 aliphatic carbocycles. The summed E-state index contributed by atoms with van der Waals surface area (Å²) in [5, 5.41) is 5.45. The lowest BCUT2D eigenvalue weighted by Gasteiger charge is -2.19. The molecule has 2 rings (SSSR count). The fourth-order valence-electron chi connectivity index (χ4n) is 3.49. The second kappa shape index (κ2) is 20.6. The van der Waals surface area contributed by atoms with E-state index in [-0.39, 0.29) is 24.5 Å². The van der Waals surface area contributed by atoms with Crippen molar-refractivity contribution in [3.8, 4) is 0 Å². The van der Waals surface area contributed by atoms with Gasteiger partial charge >= 0.3 is 18.2 Å². The van der Waals surface area contributed by atoms with E-state index < -0.39 is 29.4 Å². The van der Waals surface area contributed by atoms with Gasteiger partial charge in [0.1, 0.15) is 12.2 Å². The quantitative estimate of drug-likeness (QED) is 0.138. The first-order chi connectivity index (χ1) is 21.5. The van der Waals surface area contributed by atoms with Crippen molar-refractivity contribution in [2.45, 2.75) is 32.5 Å². The molecule has 0 aliphatic rings. The van der Waals surface area contributed by atoms with Gasteiger partial charge in [-0.3, -0.25) is 0 Å². The Hall–Kier alpha value is -3.43. The minimum atomic E-state index is -4.48. The van der Waals surface area contributed by atoms with Gasteiger partial charge in [-0.05, 0) is 51.1 Å². The fourth-order valence-corrected chi connectivity index (χ4v) is 3.49. The Morgan fingerprint density at radius 3 is 1.78 bits per heavy atom. The van der Waals surface area contributed by atoms with Gasteiger partial charge < -0.3 is 43.8 Å². The summed E-state index contributed by atoms with van der Waals surface area (Å²) >= 11 is 0. The summed E-state index contributed by atoms with van der Waals surface area (Å²) in [5.74, 6) is -0.633. The average Bonchev–Trinajstić information content (AvgIpc) is 2.97. The zero-order chi connectivity index (χ0) is 33.0. The third kappa shape index (κ3) is 17.6.